The summed E-state index contributed by atoms with van der Waals surface area (Å²) < 4.78 is 0. The van der Waals surface area contributed by atoms with E-state index in [9.17, 15) is 0 Å². The van der Waals surface area contributed by atoms with Gasteiger partial charge in [0, 0.05) is 0 Å². The number of hydrogen-bond acceptors (Lipinski definition) is 4. The summed E-state index contributed by atoms with van der Waals surface area (Å²) in [5.41, 5.74) is 30.4. The average molecular weight is 884 g/mol. The molecular formula is C56H53FeN5O2. The van der Waals surface area contributed by atoms with Crippen LogP contribution in [0.3, 0.4) is 0 Å². The molecule has 7 aromatic rings. The predicted molar refractivity (Wildman–Crippen MR) is 263 cm³/mol. The van der Waals surface area contributed by atoms with Gasteiger partial charge in [-0.25, -0.2) is 9.97 Å². The first-order chi connectivity index (χ1) is 30.1. The molecule has 2 aliphatic rings. The van der Waals surface area contributed by atoms with E-state index in [4.69, 9.17) is 30.1 Å². The first-order valence-corrected chi connectivity index (χ1v) is 21.4. The Hall–Kier alpha value is -6.60. The molecule has 0 radical (unpaired) electrons. The van der Waals surface area contributed by atoms with Crippen molar-refractivity contribution >= 4 is 46.4 Å². The third kappa shape index (κ3) is 8.20. The average Bonchev–Trinajstić information content (AvgIpc) is 4.03. The van der Waals surface area contributed by atoms with Crippen molar-refractivity contribution in [2.45, 2.75) is 83.1 Å². The minimum absolute atomic E-state index is 0. The Morgan fingerprint density at radius 2 is 0.531 bits per heavy atom. The zero-order valence-corrected chi connectivity index (χ0v) is 39.8. The van der Waals surface area contributed by atoms with Crippen molar-refractivity contribution in [3.63, 3.8) is 0 Å². The van der Waals surface area contributed by atoms with Crippen LogP contribution in [-0.4, -0.2) is 15.2 Å². The summed E-state index contributed by atoms with van der Waals surface area (Å²) in [5, 5.41) is 7.89. The summed E-state index contributed by atoms with van der Waals surface area (Å²) in [7, 11) is 0. The quantitative estimate of drug-likeness (QED) is 0.107. The van der Waals surface area contributed by atoms with E-state index in [0.29, 0.717) is 0 Å². The smallest absolute Gasteiger partial charge is 0.657 e. The van der Waals surface area contributed by atoms with Gasteiger partial charge in [0.1, 0.15) is 0 Å². The van der Waals surface area contributed by atoms with E-state index in [1.165, 1.54) is 72.1 Å². The molecule has 0 amide bonds. The van der Waals surface area contributed by atoms with Crippen LogP contribution >= 0.6 is 0 Å². The standard InChI is InChI=1S/C56H52N4.Fe.HNO2/c1-29-21-33(5)49(34(6)22-29)53-41-13-15-43(57-41)54(50-35(7)23-30(2)24-36(50)8)45-17-19-47(59-45)56(52-39(11)27-32(4)28-40(52)12)48-20-18-46(60-48)55(44-16-14-42(53)58-44)51-37(9)25-31(3)26-38(51)10;;2-1-3/h13-28H,1-12H3;;(H,2,3)/q-2;+2;. The summed E-state index contributed by atoms with van der Waals surface area (Å²) in [6, 6.07) is 26.9. The van der Waals surface area contributed by atoms with Gasteiger partial charge in [-0.3, -0.25) is 0 Å². The third-order valence-electron chi connectivity index (χ3n) is 12.3. The zero-order chi connectivity index (χ0) is 45.0. The second kappa shape index (κ2) is 17.9. The van der Waals surface area contributed by atoms with Crippen molar-refractivity contribution in [2.24, 2.45) is 5.34 Å². The largest absolute Gasteiger partial charge is 2.00 e. The monoisotopic (exact) mass is 883 g/mol. The number of benzene rings is 4. The Balaban J connectivity index is 0.00000149. The number of fused-ring (bicyclic) bond motifs is 8. The van der Waals surface area contributed by atoms with Crippen LogP contribution < -0.4 is 9.97 Å². The van der Waals surface area contributed by atoms with E-state index in [-0.39, 0.29) is 17.1 Å². The molecule has 3 aromatic heterocycles. The Labute approximate surface area is 386 Å². The molecule has 7 nitrogen and oxygen atoms in total. The summed E-state index contributed by atoms with van der Waals surface area (Å²) in [6.45, 7) is 26.3. The van der Waals surface area contributed by atoms with E-state index in [0.717, 1.165) is 89.4 Å². The molecule has 0 fully saturated rings. The van der Waals surface area contributed by atoms with E-state index < -0.39 is 0 Å². The first kappa shape index (κ1) is 45.4. The predicted octanol–water partition coefficient (Wildman–Crippen LogP) is 14.4. The van der Waals surface area contributed by atoms with Gasteiger partial charge in [0.25, 0.3) is 0 Å². The normalized spacial score (nSPS) is 11.6. The zero-order valence-electron chi connectivity index (χ0n) is 38.7. The summed E-state index contributed by atoms with van der Waals surface area (Å²) in [6.07, 6.45) is 8.72. The second-order valence-corrected chi connectivity index (χ2v) is 17.5. The molecule has 64 heavy (non-hydrogen) atoms. The van der Waals surface area contributed by atoms with Crippen LogP contribution in [0.4, 0.5) is 0 Å². The van der Waals surface area contributed by atoms with Gasteiger partial charge in [0.15, 0.2) is 5.34 Å². The first-order valence-electron chi connectivity index (χ1n) is 21.4. The van der Waals surface area contributed by atoms with E-state index in [1.807, 2.05) is 0 Å². The number of aromatic nitrogens is 4. The fourth-order valence-corrected chi connectivity index (χ4v) is 10.4. The summed E-state index contributed by atoms with van der Waals surface area (Å²) in [4.78, 5) is 30.5. The molecule has 8 heteroatoms. The molecule has 9 rings (SSSR count). The summed E-state index contributed by atoms with van der Waals surface area (Å²) >= 11 is 0. The topological polar surface area (TPSA) is 104 Å². The number of hydrogen-bond donors (Lipinski definition) is 1. The SMILES string of the molecule is Cc1cc(C)c(-c2c3nc(c(-c4c(C)cc(C)cc4C)c4ccc([n-]4)c(-c4c(C)cc(C)cc4C)c4nc(c(-c5c(C)cc(C)cc5C)c5ccc2[n-]5)C=C4)C=C3)c(C)c1.O=NO.[Fe+2]. The van der Waals surface area contributed by atoms with Crippen LogP contribution in [0.2, 0.25) is 0 Å². The summed E-state index contributed by atoms with van der Waals surface area (Å²) in [5.74, 6) is 0. The van der Waals surface area contributed by atoms with Crippen molar-refractivity contribution in [1.82, 2.24) is 19.9 Å². The fraction of sp³-hybridized carbons (Fsp3) is 0.214. The molecule has 8 bridgehead atoms. The van der Waals surface area contributed by atoms with Crippen molar-refractivity contribution in [3.8, 4) is 44.5 Å². The molecule has 2 aliphatic heterocycles. The van der Waals surface area contributed by atoms with Gasteiger partial charge in [0.2, 0.25) is 0 Å². The van der Waals surface area contributed by atoms with Gasteiger partial charge < -0.3 is 15.2 Å². The van der Waals surface area contributed by atoms with Crippen LogP contribution in [0.15, 0.2) is 78.1 Å². The van der Waals surface area contributed by atoms with Gasteiger partial charge in [0.05, 0.1) is 22.8 Å². The molecule has 0 spiro atoms. The van der Waals surface area contributed by atoms with Crippen molar-refractivity contribution in [2.75, 3.05) is 0 Å². The molecule has 0 atom stereocenters. The van der Waals surface area contributed by atoms with E-state index >= 15 is 0 Å². The second-order valence-electron chi connectivity index (χ2n) is 17.5. The van der Waals surface area contributed by atoms with E-state index in [2.05, 4.69) is 180 Å². The fourth-order valence-electron chi connectivity index (χ4n) is 10.4. The Morgan fingerprint density at radius 3 is 0.703 bits per heavy atom. The van der Waals surface area contributed by atoms with Crippen LogP contribution in [0.5, 0.6) is 0 Å². The van der Waals surface area contributed by atoms with Crippen molar-refractivity contribution in [3.05, 3.63) is 167 Å². The maximum Gasteiger partial charge on any atom is 2.00 e. The molecular weight excluding hydrogens is 830 g/mol. The van der Waals surface area contributed by atoms with Gasteiger partial charge >= 0.3 is 17.1 Å². The molecule has 0 saturated carbocycles. The van der Waals surface area contributed by atoms with Gasteiger partial charge in [-0.1, -0.05) is 95.1 Å². The number of nitrogens with zero attached hydrogens (tertiary/aromatic N) is 5. The molecule has 322 valence electrons. The third-order valence-corrected chi connectivity index (χ3v) is 12.3. The molecule has 1 N–H and O–H groups in total. The number of rotatable bonds is 4. The molecule has 4 aromatic carbocycles. The maximum atomic E-state index is 8.11. The van der Waals surface area contributed by atoms with E-state index in [1.54, 1.807) is 0 Å². The molecule has 0 saturated heterocycles. The van der Waals surface area contributed by atoms with Crippen LogP contribution in [0, 0.1) is 88.0 Å². The minimum atomic E-state index is 0. The Bertz CT molecular complexity index is 2780. The van der Waals surface area contributed by atoms with Crippen LogP contribution in [-0.2, 0) is 17.1 Å². The van der Waals surface area contributed by atoms with Crippen LogP contribution in [0.25, 0.3) is 90.9 Å². The Morgan fingerprint density at radius 1 is 0.359 bits per heavy atom. The van der Waals surface area contributed by atoms with Gasteiger partial charge in [-0.05, 0) is 196 Å². The van der Waals surface area contributed by atoms with Gasteiger partial charge in [-0.2, -0.15) is 0 Å². The minimum Gasteiger partial charge on any atom is -0.657 e. The Kier molecular flexibility index (Phi) is 12.7. The molecule has 0 unspecified atom stereocenters. The van der Waals surface area contributed by atoms with Crippen molar-refractivity contribution < 1.29 is 22.3 Å². The van der Waals surface area contributed by atoms with Crippen molar-refractivity contribution in [1.29, 1.82) is 0 Å². The molecule has 0 aliphatic carbocycles. The maximum absolute atomic E-state index is 8.11. The molecule has 5 heterocycles. The van der Waals surface area contributed by atoms with Gasteiger partial charge in [-0.15, -0.1) is 27.0 Å². The van der Waals surface area contributed by atoms with Crippen LogP contribution in [0.1, 0.15) is 89.5 Å². The number of aryl methyl sites for hydroxylation is 12.